The molecule has 0 aliphatic heterocycles. The molecule has 3 aromatic carbocycles. The van der Waals surface area contributed by atoms with Crippen LogP contribution in [0.5, 0.6) is 17.4 Å². The van der Waals surface area contributed by atoms with Gasteiger partial charge in [0.05, 0.1) is 25.5 Å². The molecule has 208 valence electrons. The average Bonchev–Trinajstić information content (AvgIpc) is 3.25. The van der Waals surface area contributed by atoms with Crippen molar-refractivity contribution < 1.29 is 28.2 Å². The molecule has 9 heteroatoms. The SMILES string of the molecule is COc1ccc(-c2nn(-c3cccc(F)c3)c(OC(C)=O)c2-c2ccc(NC(=O)CC(C)(C)C)cc2)c(OC)c1. The molecule has 1 amide bonds. The third-order valence-corrected chi connectivity index (χ3v) is 5.95. The molecule has 1 aromatic heterocycles. The summed E-state index contributed by atoms with van der Waals surface area (Å²) in [5, 5.41) is 7.70. The normalized spacial score (nSPS) is 11.2. The summed E-state index contributed by atoms with van der Waals surface area (Å²) in [6.45, 7) is 7.28. The van der Waals surface area contributed by atoms with Crippen LogP contribution in [0.2, 0.25) is 0 Å². The number of methoxy groups -OCH3 is 2. The van der Waals surface area contributed by atoms with E-state index >= 15 is 0 Å². The summed E-state index contributed by atoms with van der Waals surface area (Å²) in [5.41, 5.74) is 3.00. The van der Waals surface area contributed by atoms with E-state index in [2.05, 4.69) is 5.32 Å². The maximum absolute atomic E-state index is 14.2. The Morgan fingerprint density at radius 3 is 2.30 bits per heavy atom. The molecular weight excluding hydrogens is 513 g/mol. The van der Waals surface area contributed by atoms with Crippen molar-refractivity contribution in [2.45, 2.75) is 34.1 Å². The van der Waals surface area contributed by atoms with Gasteiger partial charge in [0.1, 0.15) is 23.0 Å². The summed E-state index contributed by atoms with van der Waals surface area (Å²) < 4.78 is 32.3. The van der Waals surface area contributed by atoms with Gasteiger partial charge in [0.2, 0.25) is 11.8 Å². The van der Waals surface area contributed by atoms with Gasteiger partial charge < -0.3 is 19.5 Å². The number of esters is 1. The fourth-order valence-corrected chi connectivity index (χ4v) is 4.27. The van der Waals surface area contributed by atoms with Gasteiger partial charge in [0.25, 0.3) is 0 Å². The number of hydrogen-bond donors (Lipinski definition) is 1. The van der Waals surface area contributed by atoms with E-state index in [4.69, 9.17) is 19.3 Å². The standard InChI is InChI=1S/C31H32FN3O5/c1-19(36)40-30-28(20-10-12-22(13-11-20)33-27(37)18-31(2,3)4)29(25-15-14-24(38-5)17-26(25)39-6)34-35(30)23-9-7-8-21(32)16-23/h7-17H,18H2,1-6H3,(H,33,37). The molecular formula is C31H32FN3O5. The van der Waals surface area contributed by atoms with E-state index in [0.717, 1.165) is 0 Å². The quantitative estimate of drug-likeness (QED) is 0.249. The number of amides is 1. The minimum Gasteiger partial charge on any atom is -0.497 e. The molecule has 1 heterocycles. The molecule has 4 rings (SSSR count). The number of halogens is 1. The summed E-state index contributed by atoms with van der Waals surface area (Å²) in [6.07, 6.45) is 0.368. The molecule has 4 aromatic rings. The van der Waals surface area contributed by atoms with Crippen LogP contribution in [0.4, 0.5) is 10.1 Å². The van der Waals surface area contributed by atoms with Gasteiger partial charge in [-0.3, -0.25) is 9.59 Å². The molecule has 0 atom stereocenters. The predicted molar refractivity (Wildman–Crippen MR) is 152 cm³/mol. The lowest BCUT2D eigenvalue weighted by atomic mass is 9.92. The zero-order chi connectivity index (χ0) is 29.0. The van der Waals surface area contributed by atoms with Gasteiger partial charge in [-0.1, -0.05) is 39.0 Å². The molecule has 0 spiro atoms. The van der Waals surface area contributed by atoms with Crippen molar-refractivity contribution in [1.82, 2.24) is 9.78 Å². The molecule has 0 saturated carbocycles. The highest BCUT2D eigenvalue weighted by Gasteiger charge is 2.27. The van der Waals surface area contributed by atoms with Crippen LogP contribution in [0.1, 0.15) is 34.1 Å². The van der Waals surface area contributed by atoms with Crippen LogP contribution in [0.3, 0.4) is 0 Å². The van der Waals surface area contributed by atoms with E-state index in [9.17, 15) is 14.0 Å². The summed E-state index contributed by atoms with van der Waals surface area (Å²) in [6, 6.07) is 18.2. The third kappa shape index (κ3) is 6.48. The number of carbonyl (C=O) groups is 2. The number of aromatic nitrogens is 2. The Hall–Kier alpha value is -4.66. The van der Waals surface area contributed by atoms with E-state index in [-0.39, 0.29) is 17.2 Å². The van der Waals surface area contributed by atoms with E-state index < -0.39 is 11.8 Å². The molecule has 1 N–H and O–H groups in total. The van der Waals surface area contributed by atoms with Crippen molar-refractivity contribution in [3.8, 4) is 45.5 Å². The summed E-state index contributed by atoms with van der Waals surface area (Å²) >= 11 is 0. The van der Waals surface area contributed by atoms with Crippen LogP contribution in [0.15, 0.2) is 66.7 Å². The zero-order valence-corrected chi connectivity index (χ0v) is 23.4. The second-order valence-electron chi connectivity index (χ2n) is 10.4. The van der Waals surface area contributed by atoms with Crippen LogP contribution in [-0.2, 0) is 9.59 Å². The average molecular weight is 546 g/mol. The Balaban J connectivity index is 1.91. The number of anilines is 1. The number of rotatable bonds is 8. The smallest absolute Gasteiger partial charge is 0.309 e. The lowest BCUT2D eigenvalue weighted by molar-refractivity contribution is -0.132. The first-order chi connectivity index (χ1) is 19.0. The first-order valence-corrected chi connectivity index (χ1v) is 12.7. The highest BCUT2D eigenvalue weighted by molar-refractivity contribution is 5.93. The van der Waals surface area contributed by atoms with Crippen molar-refractivity contribution in [1.29, 1.82) is 0 Å². The zero-order valence-electron chi connectivity index (χ0n) is 23.4. The van der Waals surface area contributed by atoms with Crippen molar-refractivity contribution >= 4 is 17.6 Å². The molecule has 0 aliphatic rings. The lowest BCUT2D eigenvalue weighted by Crippen LogP contribution is -2.19. The fraction of sp³-hybridized carbons (Fsp3) is 0.258. The number of nitrogens with zero attached hydrogens (tertiary/aromatic N) is 2. The Morgan fingerprint density at radius 2 is 1.70 bits per heavy atom. The number of ether oxygens (including phenoxy) is 3. The van der Waals surface area contributed by atoms with Gasteiger partial charge in [0, 0.05) is 30.7 Å². The summed E-state index contributed by atoms with van der Waals surface area (Å²) in [7, 11) is 3.09. The molecule has 40 heavy (non-hydrogen) atoms. The number of nitrogens with one attached hydrogen (secondary N) is 1. The fourth-order valence-electron chi connectivity index (χ4n) is 4.27. The number of carbonyl (C=O) groups excluding carboxylic acids is 2. The van der Waals surface area contributed by atoms with Crippen LogP contribution in [0.25, 0.3) is 28.1 Å². The van der Waals surface area contributed by atoms with Gasteiger partial charge in [-0.25, -0.2) is 4.39 Å². The topological polar surface area (TPSA) is 91.7 Å². The van der Waals surface area contributed by atoms with Gasteiger partial charge in [0.15, 0.2) is 0 Å². The molecule has 0 fully saturated rings. The second-order valence-corrected chi connectivity index (χ2v) is 10.4. The first kappa shape index (κ1) is 28.4. The largest absolute Gasteiger partial charge is 0.497 e. The Kier molecular flexibility index (Phi) is 8.23. The van der Waals surface area contributed by atoms with Crippen LogP contribution in [0, 0.1) is 11.2 Å². The minimum absolute atomic E-state index is 0.0940. The van der Waals surface area contributed by atoms with Crippen molar-refractivity contribution in [2.24, 2.45) is 5.41 Å². The van der Waals surface area contributed by atoms with Crippen molar-refractivity contribution in [2.75, 3.05) is 19.5 Å². The molecule has 0 saturated heterocycles. The molecule has 0 aliphatic carbocycles. The third-order valence-electron chi connectivity index (χ3n) is 5.95. The Bertz CT molecular complexity index is 1540. The maximum atomic E-state index is 14.2. The monoisotopic (exact) mass is 545 g/mol. The van der Waals surface area contributed by atoms with E-state index in [1.807, 2.05) is 20.8 Å². The number of hydrogen-bond acceptors (Lipinski definition) is 6. The molecule has 0 bridgehead atoms. The molecule has 0 radical (unpaired) electrons. The van der Waals surface area contributed by atoms with Gasteiger partial charge in [-0.15, -0.1) is 0 Å². The lowest BCUT2D eigenvalue weighted by Gasteiger charge is -2.17. The van der Waals surface area contributed by atoms with Gasteiger partial charge in [-0.2, -0.15) is 9.78 Å². The maximum Gasteiger partial charge on any atom is 0.309 e. The predicted octanol–water partition coefficient (Wildman–Crippen LogP) is 6.66. The highest BCUT2D eigenvalue weighted by atomic mass is 19.1. The summed E-state index contributed by atoms with van der Waals surface area (Å²) in [5.74, 6) is 0.0338. The first-order valence-electron chi connectivity index (χ1n) is 12.7. The highest BCUT2D eigenvalue weighted by Crippen LogP contribution is 2.44. The van der Waals surface area contributed by atoms with Crippen molar-refractivity contribution in [3.05, 3.63) is 72.5 Å². The Labute approximate surface area is 232 Å². The van der Waals surface area contributed by atoms with E-state index in [0.29, 0.717) is 51.7 Å². The van der Waals surface area contributed by atoms with Crippen LogP contribution < -0.4 is 19.5 Å². The minimum atomic E-state index is -0.571. The van der Waals surface area contributed by atoms with E-state index in [1.54, 1.807) is 61.7 Å². The van der Waals surface area contributed by atoms with Gasteiger partial charge in [-0.05, 0) is 53.4 Å². The van der Waals surface area contributed by atoms with Crippen molar-refractivity contribution in [3.63, 3.8) is 0 Å². The summed E-state index contributed by atoms with van der Waals surface area (Å²) in [4.78, 5) is 24.7. The number of benzene rings is 3. The van der Waals surface area contributed by atoms with Crippen LogP contribution >= 0.6 is 0 Å². The second kappa shape index (κ2) is 11.6. The Morgan fingerprint density at radius 1 is 0.975 bits per heavy atom. The molecule has 8 nitrogen and oxygen atoms in total. The van der Waals surface area contributed by atoms with Gasteiger partial charge >= 0.3 is 5.97 Å². The van der Waals surface area contributed by atoms with Crippen LogP contribution in [-0.4, -0.2) is 35.9 Å². The van der Waals surface area contributed by atoms with E-state index in [1.165, 1.54) is 30.8 Å². The molecule has 0 unspecified atom stereocenters.